The predicted molar refractivity (Wildman–Crippen MR) is 75.5 cm³/mol. The first-order valence-electron chi connectivity index (χ1n) is 6.96. The van der Waals surface area contributed by atoms with Gasteiger partial charge in [0.15, 0.2) is 0 Å². The van der Waals surface area contributed by atoms with Crippen LogP contribution in [0.1, 0.15) is 31.2 Å². The first-order valence-corrected chi connectivity index (χ1v) is 6.96. The second-order valence-corrected chi connectivity index (χ2v) is 4.94. The van der Waals surface area contributed by atoms with E-state index in [0.717, 1.165) is 30.6 Å². The number of nitrogens with one attached hydrogen (secondary N) is 2. The number of benzene rings is 1. The van der Waals surface area contributed by atoms with Crippen LogP contribution in [0.4, 0.5) is 4.79 Å². The molecule has 4 heteroatoms. The van der Waals surface area contributed by atoms with Crippen LogP contribution in [-0.2, 0) is 6.42 Å². The van der Waals surface area contributed by atoms with Crippen LogP contribution in [0.2, 0.25) is 0 Å². The minimum atomic E-state index is -0.0539. The Kier molecular flexibility index (Phi) is 5.07. The van der Waals surface area contributed by atoms with E-state index in [4.69, 9.17) is 4.74 Å². The normalized spacial score (nSPS) is 15.2. The summed E-state index contributed by atoms with van der Waals surface area (Å²) in [6, 6.07) is 8.20. The summed E-state index contributed by atoms with van der Waals surface area (Å²) in [5.41, 5.74) is 1.12. The van der Waals surface area contributed by atoms with E-state index in [1.54, 1.807) is 7.11 Å². The average molecular weight is 262 g/mol. The molecule has 0 aromatic heterocycles. The summed E-state index contributed by atoms with van der Waals surface area (Å²) < 4.78 is 5.28. The lowest BCUT2D eigenvalue weighted by molar-refractivity contribution is 0.237. The zero-order valence-electron chi connectivity index (χ0n) is 11.4. The number of carbonyl (C=O) groups is 1. The van der Waals surface area contributed by atoms with E-state index in [-0.39, 0.29) is 6.03 Å². The Morgan fingerprint density at radius 1 is 1.32 bits per heavy atom. The van der Waals surface area contributed by atoms with Gasteiger partial charge in [-0.25, -0.2) is 4.79 Å². The molecule has 0 spiro atoms. The molecule has 104 valence electrons. The molecule has 1 fully saturated rings. The van der Waals surface area contributed by atoms with Gasteiger partial charge in [-0.05, 0) is 30.9 Å². The lowest BCUT2D eigenvalue weighted by Crippen LogP contribution is -2.41. The summed E-state index contributed by atoms with van der Waals surface area (Å²) in [5, 5.41) is 5.92. The van der Waals surface area contributed by atoms with Gasteiger partial charge >= 0.3 is 6.03 Å². The van der Waals surface area contributed by atoms with Gasteiger partial charge in [-0.1, -0.05) is 31.0 Å². The van der Waals surface area contributed by atoms with E-state index in [0.29, 0.717) is 12.6 Å². The van der Waals surface area contributed by atoms with Gasteiger partial charge in [0.1, 0.15) is 5.75 Å². The molecule has 1 aromatic carbocycles. The minimum absolute atomic E-state index is 0.0539. The van der Waals surface area contributed by atoms with Gasteiger partial charge in [-0.3, -0.25) is 0 Å². The van der Waals surface area contributed by atoms with Gasteiger partial charge in [0.05, 0.1) is 7.11 Å². The quantitative estimate of drug-likeness (QED) is 0.856. The van der Waals surface area contributed by atoms with E-state index in [1.807, 2.05) is 24.3 Å². The molecular formula is C15H22N2O2. The number of urea groups is 1. The van der Waals surface area contributed by atoms with Crippen molar-refractivity contribution in [3.63, 3.8) is 0 Å². The molecule has 2 amide bonds. The standard InChI is InChI=1S/C15H22N2O2/c1-19-14-9-5-2-6-12(14)10-11-16-15(18)17-13-7-3-4-8-13/h2,5-6,9,13H,3-4,7-8,10-11H2,1H3,(H2,16,17,18). The largest absolute Gasteiger partial charge is 0.496 e. The number of hydrogen-bond donors (Lipinski definition) is 2. The second-order valence-electron chi connectivity index (χ2n) is 4.94. The summed E-state index contributed by atoms with van der Waals surface area (Å²) >= 11 is 0. The molecule has 0 aliphatic heterocycles. The Morgan fingerprint density at radius 2 is 2.05 bits per heavy atom. The van der Waals surface area contributed by atoms with Gasteiger partial charge in [-0.2, -0.15) is 0 Å². The molecule has 1 saturated carbocycles. The van der Waals surface area contributed by atoms with Crippen LogP contribution in [0.3, 0.4) is 0 Å². The van der Waals surface area contributed by atoms with Crippen molar-refractivity contribution in [1.82, 2.24) is 10.6 Å². The van der Waals surface area contributed by atoms with Crippen molar-refractivity contribution in [1.29, 1.82) is 0 Å². The fraction of sp³-hybridized carbons (Fsp3) is 0.533. The highest BCUT2D eigenvalue weighted by Gasteiger charge is 2.16. The molecule has 0 atom stereocenters. The average Bonchev–Trinajstić information content (AvgIpc) is 2.92. The third-order valence-electron chi connectivity index (χ3n) is 3.56. The zero-order valence-corrected chi connectivity index (χ0v) is 11.4. The molecule has 1 aliphatic carbocycles. The maximum atomic E-state index is 11.7. The number of methoxy groups -OCH3 is 1. The highest BCUT2D eigenvalue weighted by molar-refractivity contribution is 5.74. The fourth-order valence-corrected chi connectivity index (χ4v) is 2.53. The summed E-state index contributed by atoms with van der Waals surface area (Å²) in [6.07, 6.45) is 5.46. The number of amides is 2. The second kappa shape index (κ2) is 7.02. The van der Waals surface area contributed by atoms with Crippen LogP contribution in [0, 0.1) is 0 Å². The van der Waals surface area contributed by atoms with Gasteiger partial charge in [0.2, 0.25) is 0 Å². The molecule has 1 aliphatic rings. The van der Waals surface area contributed by atoms with Crippen LogP contribution >= 0.6 is 0 Å². The summed E-state index contributed by atoms with van der Waals surface area (Å²) in [7, 11) is 1.67. The Balaban J connectivity index is 1.72. The smallest absolute Gasteiger partial charge is 0.315 e. The Labute approximate surface area is 114 Å². The van der Waals surface area contributed by atoms with Crippen LogP contribution in [0.5, 0.6) is 5.75 Å². The number of carbonyl (C=O) groups excluding carboxylic acids is 1. The highest BCUT2D eigenvalue weighted by Crippen LogP contribution is 2.18. The van der Waals surface area contributed by atoms with Crippen molar-refractivity contribution in [2.24, 2.45) is 0 Å². The number of rotatable bonds is 5. The molecule has 19 heavy (non-hydrogen) atoms. The van der Waals surface area contributed by atoms with Crippen molar-refractivity contribution < 1.29 is 9.53 Å². The van der Waals surface area contributed by atoms with E-state index in [9.17, 15) is 4.79 Å². The maximum absolute atomic E-state index is 11.7. The molecule has 0 saturated heterocycles. The minimum Gasteiger partial charge on any atom is -0.496 e. The van der Waals surface area contributed by atoms with E-state index in [2.05, 4.69) is 10.6 Å². The number of para-hydroxylation sites is 1. The van der Waals surface area contributed by atoms with E-state index >= 15 is 0 Å². The Hall–Kier alpha value is -1.71. The fourth-order valence-electron chi connectivity index (χ4n) is 2.53. The summed E-state index contributed by atoms with van der Waals surface area (Å²) in [6.45, 7) is 0.624. The van der Waals surface area contributed by atoms with Gasteiger partial charge in [0.25, 0.3) is 0 Å². The molecule has 2 rings (SSSR count). The van der Waals surface area contributed by atoms with Crippen LogP contribution in [0.25, 0.3) is 0 Å². The number of hydrogen-bond acceptors (Lipinski definition) is 2. The van der Waals surface area contributed by atoms with E-state index < -0.39 is 0 Å². The number of ether oxygens (including phenoxy) is 1. The third kappa shape index (κ3) is 4.16. The SMILES string of the molecule is COc1ccccc1CCNC(=O)NC1CCCC1. The lowest BCUT2D eigenvalue weighted by atomic mass is 10.1. The van der Waals surface area contributed by atoms with Gasteiger partial charge < -0.3 is 15.4 Å². The Morgan fingerprint density at radius 3 is 2.79 bits per heavy atom. The van der Waals surface area contributed by atoms with Crippen LogP contribution in [0.15, 0.2) is 24.3 Å². The first kappa shape index (κ1) is 13.7. The van der Waals surface area contributed by atoms with Crippen LogP contribution < -0.4 is 15.4 Å². The first-order chi connectivity index (χ1) is 9.29. The van der Waals surface area contributed by atoms with E-state index in [1.165, 1.54) is 12.8 Å². The molecule has 1 aromatic rings. The van der Waals surface area contributed by atoms with Gasteiger partial charge in [0, 0.05) is 12.6 Å². The molecule has 0 heterocycles. The monoisotopic (exact) mass is 262 g/mol. The third-order valence-corrected chi connectivity index (χ3v) is 3.56. The predicted octanol–water partition coefficient (Wildman–Crippen LogP) is 2.48. The van der Waals surface area contributed by atoms with Crippen molar-refractivity contribution >= 4 is 6.03 Å². The zero-order chi connectivity index (χ0) is 13.5. The Bertz CT molecular complexity index is 414. The molecule has 4 nitrogen and oxygen atoms in total. The lowest BCUT2D eigenvalue weighted by Gasteiger charge is -2.13. The molecule has 2 N–H and O–H groups in total. The van der Waals surface area contributed by atoms with Gasteiger partial charge in [-0.15, -0.1) is 0 Å². The topological polar surface area (TPSA) is 50.4 Å². The van der Waals surface area contributed by atoms with Crippen LogP contribution in [-0.4, -0.2) is 25.7 Å². The van der Waals surface area contributed by atoms with Crippen molar-refractivity contribution in [2.75, 3.05) is 13.7 Å². The maximum Gasteiger partial charge on any atom is 0.315 e. The molecular weight excluding hydrogens is 240 g/mol. The van der Waals surface area contributed by atoms with Crippen molar-refractivity contribution in [3.8, 4) is 5.75 Å². The molecule has 0 unspecified atom stereocenters. The summed E-state index contributed by atoms with van der Waals surface area (Å²) in [4.78, 5) is 11.7. The highest BCUT2D eigenvalue weighted by atomic mass is 16.5. The summed E-state index contributed by atoms with van der Waals surface area (Å²) in [5.74, 6) is 0.875. The molecule has 0 bridgehead atoms. The molecule has 0 radical (unpaired) electrons. The van der Waals surface area contributed by atoms with Crippen molar-refractivity contribution in [3.05, 3.63) is 29.8 Å². The van der Waals surface area contributed by atoms with Crippen molar-refractivity contribution in [2.45, 2.75) is 38.1 Å².